The molecule has 0 bridgehead atoms. The Bertz CT molecular complexity index is 1610. The summed E-state index contributed by atoms with van der Waals surface area (Å²) in [6.45, 7) is 7.46. The first-order valence-electron chi connectivity index (χ1n) is 15.8. The molecule has 1 heterocycles. The molecule has 1 aliphatic rings. The topological polar surface area (TPSA) is 138 Å². The minimum atomic E-state index is -4.60. The number of rotatable bonds is 12. The molecule has 0 saturated carbocycles. The predicted octanol–water partition coefficient (Wildman–Crippen LogP) is 5.69. The third kappa shape index (κ3) is 8.06. The number of carbonyl (C=O) groups is 3. The number of nitrogens with one attached hydrogen (secondary N) is 4. The molecule has 13 heteroatoms. The van der Waals surface area contributed by atoms with Gasteiger partial charge in [-0.15, -0.1) is 0 Å². The van der Waals surface area contributed by atoms with Gasteiger partial charge in [0, 0.05) is 17.5 Å². The highest BCUT2D eigenvalue weighted by Crippen LogP contribution is 2.40. The van der Waals surface area contributed by atoms with Crippen LogP contribution in [0.25, 0.3) is 10.9 Å². The van der Waals surface area contributed by atoms with Crippen LogP contribution in [0, 0.1) is 11.8 Å². The van der Waals surface area contributed by atoms with Crippen molar-refractivity contribution in [1.82, 2.24) is 20.9 Å². The van der Waals surface area contributed by atoms with Gasteiger partial charge in [0.2, 0.25) is 11.8 Å². The number of aromatic nitrogens is 1. The van der Waals surface area contributed by atoms with Gasteiger partial charge in [0.15, 0.2) is 0 Å². The van der Waals surface area contributed by atoms with Crippen molar-refractivity contribution < 1.29 is 32.3 Å². The predicted molar refractivity (Wildman–Crippen MR) is 177 cm³/mol. The first-order chi connectivity index (χ1) is 22.2. The summed E-state index contributed by atoms with van der Waals surface area (Å²) in [5, 5.41) is 8.83. The van der Waals surface area contributed by atoms with E-state index in [1.165, 1.54) is 6.07 Å². The number of aromatic amines is 1. The molecule has 0 spiro atoms. The summed E-state index contributed by atoms with van der Waals surface area (Å²) in [5.41, 5.74) is 5.35. The normalized spacial score (nSPS) is 18.7. The average molecular weight is 674 g/mol. The average Bonchev–Trinajstić information content (AvgIpc) is 3.41. The van der Waals surface area contributed by atoms with E-state index >= 15 is 0 Å². The summed E-state index contributed by atoms with van der Waals surface area (Å²) >= 11 is 5.27. The molecule has 0 saturated heterocycles. The van der Waals surface area contributed by atoms with Crippen LogP contribution in [-0.2, 0) is 40.0 Å². The first kappa shape index (κ1) is 35.7. The van der Waals surface area contributed by atoms with Crippen LogP contribution in [0.1, 0.15) is 69.3 Å². The molecular weight excluding hydrogens is 631 g/mol. The molecular formula is C34H42F3N5O4S. The molecule has 2 aromatic carbocycles. The molecule has 47 heavy (non-hydrogen) atoms. The monoisotopic (exact) mass is 673 g/mol. The largest absolute Gasteiger partial charge is 0.445 e. The number of para-hydroxylation sites is 1. The van der Waals surface area contributed by atoms with Gasteiger partial charge in [-0.1, -0.05) is 95.2 Å². The van der Waals surface area contributed by atoms with Gasteiger partial charge in [0.25, 0.3) is 0 Å². The smallest absolute Gasteiger partial charge is 0.418 e. The Balaban J connectivity index is 1.69. The minimum absolute atomic E-state index is 0.00683. The van der Waals surface area contributed by atoms with Crippen molar-refractivity contribution in [2.45, 2.75) is 90.2 Å². The fourth-order valence-electron chi connectivity index (χ4n) is 5.98. The van der Waals surface area contributed by atoms with Crippen molar-refractivity contribution in [2.75, 3.05) is 0 Å². The van der Waals surface area contributed by atoms with Crippen LogP contribution in [0.15, 0.2) is 48.5 Å². The van der Waals surface area contributed by atoms with Crippen LogP contribution in [0.3, 0.4) is 0 Å². The molecule has 0 aliphatic heterocycles. The number of ether oxygens (including phenoxy) is 1. The van der Waals surface area contributed by atoms with E-state index in [2.05, 4.69) is 20.9 Å². The number of halogens is 3. The second-order valence-corrected chi connectivity index (χ2v) is 12.8. The molecule has 4 rings (SSSR count). The van der Waals surface area contributed by atoms with Crippen molar-refractivity contribution in [3.63, 3.8) is 0 Å². The molecule has 254 valence electrons. The molecule has 3 amide bonds. The van der Waals surface area contributed by atoms with E-state index in [1.807, 2.05) is 39.0 Å². The van der Waals surface area contributed by atoms with Gasteiger partial charge in [-0.25, -0.2) is 4.79 Å². The lowest BCUT2D eigenvalue weighted by Crippen LogP contribution is -2.67. The van der Waals surface area contributed by atoms with E-state index in [4.69, 9.17) is 22.7 Å². The van der Waals surface area contributed by atoms with E-state index in [1.54, 1.807) is 25.1 Å². The maximum Gasteiger partial charge on any atom is 0.418 e. The number of H-pyrrole nitrogens is 1. The Morgan fingerprint density at radius 3 is 2.28 bits per heavy atom. The lowest BCUT2D eigenvalue weighted by atomic mass is 9.78. The molecule has 0 fully saturated rings. The molecule has 9 nitrogen and oxygen atoms in total. The van der Waals surface area contributed by atoms with Crippen LogP contribution in [-0.4, -0.2) is 45.5 Å². The summed E-state index contributed by atoms with van der Waals surface area (Å²) in [5.74, 6) is -1.67. The molecule has 6 N–H and O–H groups in total. The van der Waals surface area contributed by atoms with Gasteiger partial charge in [-0.3, -0.25) is 9.59 Å². The summed E-state index contributed by atoms with van der Waals surface area (Å²) < 4.78 is 47.1. The van der Waals surface area contributed by atoms with E-state index in [-0.39, 0.29) is 48.2 Å². The Morgan fingerprint density at radius 2 is 1.66 bits per heavy atom. The zero-order valence-corrected chi connectivity index (χ0v) is 27.7. The Labute approximate surface area is 277 Å². The summed E-state index contributed by atoms with van der Waals surface area (Å²) in [7, 11) is 0. The first-order valence-corrected chi connectivity index (χ1v) is 16.2. The number of alkyl halides is 3. The highest BCUT2D eigenvalue weighted by molar-refractivity contribution is 7.80. The number of aryl methyl sites for hydroxylation is 1. The zero-order valence-electron chi connectivity index (χ0n) is 26.9. The van der Waals surface area contributed by atoms with Crippen LogP contribution in [0.5, 0.6) is 0 Å². The van der Waals surface area contributed by atoms with Crippen LogP contribution < -0.4 is 21.7 Å². The number of benzene rings is 2. The number of carbonyl (C=O) groups excluding carboxylic acids is 3. The van der Waals surface area contributed by atoms with Crippen molar-refractivity contribution in [1.29, 1.82) is 0 Å². The van der Waals surface area contributed by atoms with Gasteiger partial charge in [0.1, 0.15) is 18.2 Å². The third-order valence-electron chi connectivity index (χ3n) is 9.20. The van der Waals surface area contributed by atoms with Gasteiger partial charge in [-0.05, 0) is 41.9 Å². The quantitative estimate of drug-likeness (QED) is 0.157. The Morgan fingerprint density at radius 1 is 1.00 bits per heavy atom. The van der Waals surface area contributed by atoms with Gasteiger partial charge < -0.3 is 31.4 Å². The van der Waals surface area contributed by atoms with Crippen LogP contribution in [0.2, 0.25) is 0 Å². The molecule has 0 radical (unpaired) electrons. The number of amides is 3. The van der Waals surface area contributed by atoms with E-state index in [0.717, 1.165) is 11.6 Å². The second-order valence-electron chi connectivity index (χ2n) is 12.4. The van der Waals surface area contributed by atoms with Gasteiger partial charge in [-0.2, -0.15) is 13.2 Å². The fourth-order valence-corrected chi connectivity index (χ4v) is 6.27. The summed E-state index contributed by atoms with van der Waals surface area (Å²) in [6.07, 6.45) is -4.09. The zero-order chi connectivity index (χ0) is 34.5. The van der Waals surface area contributed by atoms with Crippen molar-refractivity contribution >= 4 is 46.0 Å². The second kappa shape index (κ2) is 14.7. The molecule has 5 atom stereocenters. The highest BCUT2D eigenvalue weighted by atomic mass is 32.1. The number of hydrogen-bond donors (Lipinski definition) is 5. The number of alkyl carbamates (subject to hydrolysis) is 1. The number of fused-ring (bicyclic) bond motifs is 3. The molecule has 3 aromatic rings. The van der Waals surface area contributed by atoms with Gasteiger partial charge >= 0.3 is 12.3 Å². The van der Waals surface area contributed by atoms with Gasteiger partial charge in [0.05, 0.1) is 22.1 Å². The lowest BCUT2D eigenvalue weighted by Gasteiger charge is -2.39. The summed E-state index contributed by atoms with van der Waals surface area (Å²) in [4.78, 5) is 44.2. The van der Waals surface area contributed by atoms with Crippen LogP contribution >= 0.6 is 12.2 Å². The molecule has 1 aliphatic carbocycles. The maximum atomic E-state index is 14.3. The SMILES string of the molecule is CCC(C)C(NC(=O)OCc1ccccc1)C(=O)N[C@]1(C(=O)N[C@H](C(N)=S)[C@@H](C)CC)CCc2[nH]c3c(C(F)(F)F)cccc3c2C1. The maximum absolute atomic E-state index is 14.3. The minimum Gasteiger partial charge on any atom is -0.445 e. The number of nitrogens with two attached hydrogens (primary N) is 1. The van der Waals surface area contributed by atoms with E-state index in [9.17, 15) is 27.6 Å². The standard InChI is InChI=1S/C34H42F3N5O4S/c1-5-19(3)26(29(38)47)40-31(44)33(16-15-25-23(17-33)22-13-10-14-24(28(22)39-25)34(35,36)37)42-30(43)27(20(4)6-2)41-32(45)46-18-21-11-8-7-9-12-21/h7-14,19-20,26-27,39H,5-6,15-18H2,1-4H3,(H2,38,47)(H,40,44)(H,41,45)(H,42,43)/t19-,20?,26-,27?,33+/m0/s1. The van der Waals surface area contributed by atoms with E-state index in [0.29, 0.717) is 29.5 Å². The number of hydrogen-bond acceptors (Lipinski definition) is 5. The lowest BCUT2D eigenvalue weighted by molar-refractivity contribution is -0.136. The van der Waals surface area contributed by atoms with Crippen molar-refractivity contribution in [3.8, 4) is 0 Å². The number of thiocarbonyl (C=S) groups is 1. The van der Waals surface area contributed by atoms with Crippen molar-refractivity contribution in [2.24, 2.45) is 17.6 Å². The van der Waals surface area contributed by atoms with Crippen molar-refractivity contribution in [3.05, 3.63) is 70.9 Å². The Hall–Kier alpha value is -4.13. The van der Waals surface area contributed by atoms with E-state index < -0.39 is 47.3 Å². The Kier molecular flexibility index (Phi) is 11.2. The molecule has 1 aromatic heterocycles. The summed E-state index contributed by atoms with van der Waals surface area (Å²) in [6, 6.07) is 11.2. The fraction of sp³-hybridized carbons (Fsp3) is 0.471. The third-order valence-corrected chi connectivity index (χ3v) is 9.45. The molecule has 2 unspecified atom stereocenters. The highest BCUT2D eigenvalue weighted by Gasteiger charge is 2.47. The van der Waals surface area contributed by atoms with Crippen LogP contribution in [0.4, 0.5) is 18.0 Å².